The van der Waals surface area contributed by atoms with E-state index in [1.807, 2.05) is 13.8 Å². The molecular weight excluding hydrogens is 140 g/mol. The number of hydrogen-bond donors (Lipinski definition) is 0. The predicted octanol–water partition coefficient (Wildman–Crippen LogP) is 2.13. The molecule has 1 aliphatic rings. The second-order valence-corrected chi connectivity index (χ2v) is 4.08. The molecule has 1 unspecified atom stereocenters. The molecule has 1 fully saturated rings. The summed E-state index contributed by atoms with van der Waals surface area (Å²) in [5, 5.41) is 0. The zero-order chi connectivity index (χ0) is 8.70. The minimum absolute atomic E-state index is 0.0318. The number of hydrogen-bond acceptors (Lipinski definition) is 2. The fourth-order valence-electron chi connectivity index (χ4n) is 1.53. The topological polar surface area (TPSA) is 26.3 Å². The summed E-state index contributed by atoms with van der Waals surface area (Å²) < 4.78 is 5.22. The number of esters is 1. The lowest BCUT2D eigenvalue weighted by Crippen LogP contribution is -2.36. The highest BCUT2D eigenvalue weighted by atomic mass is 16.6. The van der Waals surface area contributed by atoms with E-state index in [2.05, 4.69) is 13.8 Å². The van der Waals surface area contributed by atoms with Gasteiger partial charge in [0.05, 0.1) is 6.42 Å². The summed E-state index contributed by atoms with van der Waals surface area (Å²) in [6.45, 7) is 8.18. The van der Waals surface area contributed by atoms with Crippen molar-refractivity contribution in [3.05, 3.63) is 0 Å². The SMILES string of the molecule is CCC1(C)CC(=O)OC1(C)C. The van der Waals surface area contributed by atoms with E-state index in [0.29, 0.717) is 6.42 Å². The number of cyclic esters (lactones) is 1. The normalized spacial score (nSPS) is 35.5. The van der Waals surface area contributed by atoms with Gasteiger partial charge < -0.3 is 4.74 Å². The molecule has 0 amide bonds. The lowest BCUT2D eigenvalue weighted by atomic mass is 9.73. The van der Waals surface area contributed by atoms with E-state index in [1.165, 1.54) is 0 Å². The first kappa shape index (κ1) is 8.57. The van der Waals surface area contributed by atoms with Crippen LogP contribution in [0.5, 0.6) is 0 Å². The molecule has 0 spiro atoms. The lowest BCUT2D eigenvalue weighted by molar-refractivity contribution is -0.147. The van der Waals surface area contributed by atoms with Crippen LogP contribution in [0.4, 0.5) is 0 Å². The van der Waals surface area contributed by atoms with E-state index in [-0.39, 0.29) is 17.0 Å². The van der Waals surface area contributed by atoms with Gasteiger partial charge in [-0.05, 0) is 20.3 Å². The van der Waals surface area contributed by atoms with E-state index in [9.17, 15) is 4.79 Å². The number of carbonyl (C=O) groups is 1. The van der Waals surface area contributed by atoms with Gasteiger partial charge in [0.25, 0.3) is 0 Å². The number of rotatable bonds is 1. The maximum absolute atomic E-state index is 11.0. The molecule has 1 aliphatic heterocycles. The summed E-state index contributed by atoms with van der Waals surface area (Å²) in [7, 11) is 0. The van der Waals surface area contributed by atoms with E-state index in [4.69, 9.17) is 4.74 Å². The zero-order valence-electron chi connectivity index (χ0n) is 7.73. The Kier molecular flexibility index (Phi) is 1.73. The molecule has 2 heteroatoms. The van der Waals surface area contributed by atoms with Crippen LogP contribution >= 0.6 is 0 Å². The molecule has 0 aromatic heterocycles. The van der Waals surface area contributed by atoms with Gasteiger partial charge in [0.1, 0.15) is 5.60 Å². The van der Waals surface area contributed by atoms with E-state index in [0.717, 1.165) is 6.42 Å². The highest BCUT2D eigenvalue weighted by molar-refractivity contribution is 5.73. The van der Waals surface area contributed by atoms with Gasteiger partial charge in [0.15, 0.2) is 0 Å². The lowest BCUT2D eigenvalue weighted by Gasteiger charge is -2.34. The van der Waals surface area contributed by atoms with Gasteiger partial charge in [-0.3, -0.25) is 4.79 Å². The summed E-state index contributed by atoms with van der Waals surface area (Å²) in [6, 6.07) is 0. The van der Waals surface area contributed by atoms with Crippen molar-refractivity contribution in [3.63, 3.8) is 0 Å². The van der Waals surface area contributed by atoms with Crippen LogP contribution in [0.3, 0.4) is 0 Å². The highest BCUT2D eigenvalue weighted by Gasteiger charge is 2.50. The fourth-order valence-corrected chi connectivity index (χ4v) is 1.53. The smallest absolute Gasteiger partial charge is 0.307 e. The van der Waals surface area contributed by atoms with Gasteiger partial charge in [-0.1, -0.05) is 13.8 Å². The largest absolute Gasteiger partial charge is 0.459 e. The van der Waals surface area contributed by atoms with Crippen molar-refractivity contribution >= 4 is 5.97 Å². The standard InChI is InChI=1S/C9H16O2/c1-5-9(4)6-7(10)11-8(9,2)3/h5-6H2,1-4H3. The van der Waals surface area contributed by atoms with Gasteiger partial charge in [0, 0.05) is 5.41 Å². The molecule has 1 atom stereocenters. The molecule has 64 valence electrons. The van der Waals surface area contributed by atoms with E-state index < -0.39 is 0 Å². The zero-order valence-corrected chi connectivity index (χ0v) is 7.73. The molecule has 11 heavy (non-hydrogen) atoms. The number of ether oxygens (including phenoxy) is 1. The average Bonchev–Trinajstić information content (AvgIpc) is 2.03. The van der Waals surface area contributed by atoms with Gasteiger partial charge in [-0.25, -0.2) is 0 Å². The average molecular weight is 156 g/mol. The molecule has 0 aromatic carbocycles. The quantitative estimate of drug-likeness (QED) is 0.543. The summed E-state index contributed by atoms with van der Waals surface area (Å²) in [6.07, 6.45) is 1.56. The highest BCUT2D eigenvalue weighted by Crippen LogP contribution is 2.45. The second kappa shape index (κ2) is 2.23. The number of carbonyl (C=O) groups excluding carboxylic acids is 1. The molecule has 0 bridgehead atoms. The molecule has 0 saturated carbocycles. The van der Waals surface area contributed by atoms with Crippen LogP contribution in [0.1, 0.15) is 40.5 Å². The van der Waals surface area contributed by atoms with Crippen molar-refractivity contribution in [2.75, 3.05) is 0 Å². The van der Waals surface area contributed by atoms with Crippen molar-refractivity contribution in [3.8, 4) is 0 Å². The summed E-state index contributed by atoms with van der Waals surface area (Å²) in [4.78, 5) is 11.0. The van der Waals surface area contributed by atoms with Crippen LogP contribution in [0.15, 0.2) is 0 Å². The third kappa shape index (κ3) is 1.15. The first-order chi connectivity index (χ1) is 4.91. The Morgan fingerprint density at radius 3 is 2.18 bits per heavy atom. The van der Waals surface area contributed by atoms with E-state index in [1.54, 1.807) is 0 Å². The van der Waals surface area contributed by atoms with Crippen molar-refractivity contribution in [2.24, 2.45) is 5.41 Å². The van der Waals surface area contributed by atoms with Gasteiger partial charge in [-0.2, -0.15) is 0 Å². The molecule has 1 rings (SSSR count). The van der Waals surface area contributed by atoms with Crippen LogP contribution in [-0.4, -0.2) is 11.6 Å². The summed E-state index contributed by atoms with van der Waals surface area (Å²) in [5.74, 6) is -0.0562. The fraction of sp³-hybridized carbons (Fsp3) is 0.889. The van der Waals surface area contributed by atoms with Crippen LogP contribution < -0.4 is 0 Å². The molecule has 2 nitrogen and oxygen atoms in total. The minimum Gasteiger partial charge on any atom is -0.459 e. The van der Waals surface area contributed by atoms with Gasteiger partial charge in [0.2, 0.25) is 0 Å². The summed E-state index contributed by atoms with van der Waals surface area (Å²) in [5.41, 5.74) is -0.247. The van der Waals surface area contributed by atoms with Crippen LogP contribution in [0.25, 0.3) is 0 Å². The predicted molar refractivity (Wildman–Crippen MR) is 43.2 cm³/mol. The summed E-state index contributed by atoms with van der Waals surface area (Å²) >= 11 is 0. The third-order valence-corrected chi connectivity index (χ3v) is 3.14. The third-order valence-electron chi connectivity index (χ3n) is 3.14. The molecule has 1 saturated heterocycles. The molecule has 0 aliphatic carbocycles. The molecule has 0 N–H and O–H groups in total. The minimum atomic E-state index is -0.279. The van der Waals surface area contributed by atoms with Crippen LogP contribution in [0.2, 0.25) is 0 Å². The van der Waals surface area contributed by atoms with Crippen LogP contribution in [-0.2, 0) is 9.53 Å². The van der Waals surface area contributed by atoms with Gasteiger partial charge in [-0.15, -0.1) is 0 Å². The van der Waals surface area contributed by atoms with Crippen molar-refractivity contribution in [2.45, 2.75) is 46.1 Å². The first-order valence-corrected chi connectivity index (χ1v) is 4.13. The van der Waals surface area contributed by atoms with Crippen LogP contribution in [0, 0.1) is 5.41 Å². The Bertz CT molecular complexity index is 184. The Balaban J connectivity index is 2.89. The molecule has 0 radical (unpaired) electrons. The van der Waals surface area contributed by atoms with Crippen molar-refractivity contribution < 1.29 is 9.53 Å². The second-order valence-electron chi connectivity index (χ2n) is 4.08. The Hall–Kier alpha value is -0.530. The molecule has 1 heterocycles. The monoisotopic (exact) mass is 156 g/mol. The molecular formula is C9H16O2. The first-order valence-electron chi connectivity index (χ1n) is 4.13. The Morgan fingerprint density at radius 2 is 2.00 bits per heavy atom. The van der Waals surface area contributed by atoms with E-state index >= 15 is 0 Å². The maximum Gasteiger partial charge on any atom is 0.307 e. The molecule has 0 aromatic rings. The Labute approximate surface area is 67.9 Å². The van der Waals surface area contributed by atoms with Gasteiger partial charge >= 0.3 is 5.97 Å². The van der Waals surface area contributed by atoms with Crippen molar-refractivity contribution in [1.29, 1.82) is 0 Å². The van der Waals surface area contributed by atoms with Crippen molar-refractivity contribution in [1.82, 2.24) is 0 Å². The maximum atomic E-state index is 11.0. The Morgan fingerprint density at radius 1 is 1.45 bits per heavy atom.